The van der Waals surface area contributed by atoms with Crippen LogP contribution in [0.1, 0.15) is 23.2 Å². The number of piperidine rings is 1. The van der Waals surface area contributed by atoms with Crippen LogP contribution in [0.4, 0.5) is 5.69 Å². The Hall–Kier alpha value is -1.95. The summed E-state index contributed by atoms with van der Waals surface area (Å²) in [5.74, 6) is 1.11. The first-order chi connectivity index (χ1) is 9.67. The molecule has 2 heterocycles. The Morgan fingerprint density at radius 2 is 1.70 bits per heavy atom. The zero-order valence-corrected chi connectivity index (χ0v) is 11.7. The van der Waals surface area contributed by atoms with Crippen molar-refractivity contribution >= 4 is 11.6 Å². The molecule has 0 atom stereocenters. The van der Waals surface area contributed by atoms with Crippen molar-refractivity contribution in [3.63, 3.8) is 0 Å². The molecule has 0 aliphatic carbocycles. The molecule has 1 aromatic rings. The molecule has 3 N–H and O–H groups in total. The van der Waals surface area contributed by atoms with Gasteiger partial charge in [-0.1, -0.05) is 0 Å². The maximum Gasteiger partial charge on any atom is 0.255 e. The van der Waals surface area contributed by atoms with Gasteiger partial charge in [0, 0.05) is 18.9 Å². The Balaban J connectivity index is 2.00. The molecule has 2 aliphatic heterocycles. The first kappa shape index (κ1) is 13.1. The highest BCUT2D eigenvalue weighted by molar-refractivity contribution is 6.03. The lowest BCUT2D eigenvalue weighted by atomic mass is 9.93. The van der Waals surface area contributed by atoms with Crippen LogP contribution in [0.5, 0.6) is 11.5 Å². The molecule has 20 heavy (non-hydrogen) atoms. The fraction of sp³-hybridized carbons (Fsp3) is 0.500. The average Bonchev–Trinajstić information content (AvgIpc) is 2.46. The van der Waals surface area contributed by atoms with E-state index in [2.05, 4.69) is 16.0 Å². The van der Waals surface area contributed by atoms with Gasteiger partial charge in [0.2, 0.25) is 0 Å². The molecule has 0 bridgehead atoms. The van der Waals surface area contributed by atoms with Crippen LogP contribution in [0.3, 0.4) is 0 Å². The van der Waals surface area contributed by atoms with Crippen molar-refractivity contribution < 1.29 is 14.3 Å². The third-order valence-corrected chi connectivity index (χ3v) is 3.95. The summed E-state index contributed by atoms with van der Waals surface area (Å²) < 4.78 is 10.5. The van der Waals surface area contributed by atoms with Crippen molar-refractivity contribution in [2.24, 2.45) is 0 Å². The third-order valence-electron chi connectivity index (χ3n) is 3.95. The molecule has 1 spiro atoms. The van der Waals surface area contributed by atoms with Crippen LogP contribution in [0, 0.1) is 0 Å². The first-order valence-electron chi connectivity index (χ1n) is 6.75. The van der Waals surface area contributed by atoms with Crippen molar-refractivity contribution in [2.45, 2.75) is 18.5 Å². The van der Waals surface area contributed by atoms with Gasteiger partial charge in [-0.3, -0.25) is 4.79 Å². The van der Waals surface area contributed by atoms with Gasteiger partial charge in [-0.05, 0) is 19.2 Å². The lowest BCUT2D eigenvalue weighted by Crippen LogP contribution is -2.61. The molecule has 6 nitrogen and oxygen atoms in total. The predicted molar refractivity (Wildman–Crippen MR) is 75.5 cm³/mol. The number of benzene rings is 1. The maximum atomic E-state index is 12.4. The van der Waals surface area contributed by atoms with E-state index in [1.54, 1.807) is 20.3 Å². The minimum Gasteiger partial charge on any atom is -0.493 e. The van der Waals surface area contributed by atoms with Crippen molar-refractivity contribution in [3.05, 3.63) is 17.7 Å². The van der Waals surface area contributed by atoms with Crippen molar-refractivity contribution in [2.75, 3.05) is 32.6 Å². The number of hydrogen-bond donors (Lipinski definition) is 3. The summed E-state index contributed by atoms with van der Waals surface area (Å²) in [5.41, 5.74) is 1.04. The lowest BCUT2D eigenvalue weighted by molar-refractivity contribution is 0.0880. The van der Waals surface area contributed by atoms with Gasteiger partial charge in [0.15, 0.2) is 11.5 Å². The standard InChI is InChI=1S/C14H19N3O3/c1-19-11-7-9-10(8-12(11)20-2)16-14(17-13(9)18)3-5-15-6-4-14/h7-8,15-16H,3-6H2,1-2H3,(H,17,18). The van der Waals surface area contributed by atoms with Gasteiger partial charge in [0.25, 0.3) is 5.91 Å². The Morgan fingerprint density at radius 1 is 1.05 bits per heavy atom. The van der Waals surface area contributed by atoms with Crippen molar-refractivity contribution in [3.8, 4) is 11.5 Å². The molecular formula is C14H19N3O3. The van der Waals surface area contributed by atoms with Crippen LogP contribution in [0.2, 0.25) is 0 Å². The van der Waals surface area contributed by atoms with E-state index in [0.717, 1.165) is 31.6 Å². The fourth-order valence-electron chi connectivity index (χ4n) is 2.85. The van der Waals surface area contributed by atoms with Crippen molar-refractivity contribution in [1.29, 1.82) is 0 Å². The van der Waals surface area contributed by atoms with E-state index in [1.807, 2.05) is 6.07 Å². The first-order valence-corrected chi connectivity index (χ1v) is 6.75. The number of methoxy groups -OCH3 is 2. The third kappa shape index (κ3) is 2.06. The monoisotopic (exact) mass is 277 g/mol. The van der Waals surface area contributed by atoms with Crippen LogP contribution in [0.25, 0.3) is 0 Å². The molecule has 0 aromatic heterocycles. The molecule has 3 rings (SSSR count). The molecule has 2 aliphatic rings. The van der Waals surface area contributed by atoms with E-state index in [4.69, 9.17) is 9.47 Å². The maximum absolute atomic E-state index is 12.4. The molecule has 1 fully saturated rings. The number of fused-ring (bicyclic) bond motifs is 1. The normalized spacial score (nSPS) is 19.8. The highest BCUT2D eigenvalue weighted by atomic mass is 16.5. The molecule has 1 aromatic carbocycles. The van der Waals surface area contributed by atoms with Gasteiger partial charge in [-0.25, -0.2) is 0 Å². The smallest absolute Gasteiger partial charge is 0.255 e. The largest absolute Gasteiger partial charge is 0.493 e. The van der Waals surface area contributed by atoms with E-state index >= 15 is 0 Å². The number of rotatable bonds is 2. The summed E-state index contributed by atoms with van der Waals surface area (Å²) in [6.07, 6.45) is 1.71. The van der Waals surface area contributed by atoms with Gasteiger partial charge >= 0.3 is 0 Å². The van der Waals surface area contributed by atoms with Crippen molar-refractivity contribution in [1.82, 2.24) is 10.6 Å². The number of hydrogen-bond acceptors (Lipinski definition) is 5. The topological polar surface area (TPSA) is 71.6 Å². The number of nitrogens with one attached hydrogen (secondary N) is 3. The second kappa shape index (κ2) is 4.86. The highest BCUT2D eigenvalue weighted by Crippen LogP contribution is 2.37. The van der Waals surface area contributed by atoms with Gasteiger partial charge < -0.3 is 25.4 Å². The van der Waals surface area contributed by atoms with Gasteiger partial charge in [0.05, 0.1) is 25.5 Å². The second-order valence-electron chi connectivity index (χ2n) is 5.16. The van der Waals surface area contributed by atoms with Gasteiger partial charge in [0.1, 0.15) is 5.66 Å². The molecule has 0 saturated carbocycles. The van der Waals surface area contributed by atoms with Crippen LogP contribution in [0.15, 0.2) is 12.1 Å². The minimum absolute atomic E-state index is 0.0680. The summed E-state index contributed by atoms with van der Waals surface area (Å²) >= 11 is 0. The van der Waals surface area contributed by atoms with E-state index in [-0.39, 0.29) is 11.6 Å². The molecule has 6 heteroatoms. The molecule has 0 unspecified atom stereocenters. The van der Waals surface area contributed by atoms with Crippen LogP contribution >= 0.6 is 0 Å². The fourth-order valence-corrected chi connectivity index (χ4v) is 2.85. The van der Waals surface area contributed by atoms with E-state index in [1.165, 1.54) is 0 Å². The molecular weight excluding hydrogens is 258 g/mol. The summed E-state index contributed by atoms with van der Waals surface area (Å²) in [5, 5.41) is 9.85. The molecule has 108 valence electrons. The van der Waals surface area contributed by atoms with Crippen LogP contribution in [-0.4, -0.2) is 38.9 Å². The number of ether oxygens (including phenoxy) is 2. The SMILES string of the molecule is COc1cc2c(cc1OC)C(=O)NC1(CCNCC1)N2. The Kier molecular flexibility index (Phi) is 3.17. The van der Waals surface area contributed by atoms with E-state index < -0.39 is 0 Å². The number of carbonyl (C=O) groups excluding carboxylic acids is 1. The Labute approximate surface area is 117 Å². The molecule has 1 amide bonds. The van der Waals surface area contributed by atoms with Gasteiger partial charge in [-0.2, -0.15) is 0 Å². The second-order valence-corrected chi connectivity index (χ2v) is 5.16. The quantitative estimate of drug-likeness (QED) is 0.750. The van der Waals surface area contributed by atoms with E-state index in [0.29, 0.717) is 17.1 Å². The van der Waals surface area contributed by atoms with Crippen LogP contribution < -0.4 is 25.4 Å². The average molecular weight is 277 g/mol. The van der Waals surface area contributed by atoms with Crippen LogP contribution in [-0.2, 0) is 0 Å². The Morgan fingerprint density at radius 3 is 2.35 bits per heavy atom. The molecule has 0 radical (unpaired) electrons. The number of amides is 1. The zero-order valence-electron chi connectivity index (χ0n) is 11.7. The summed E-state index contributed by atoms with van der Waals surface area (Å²) in [6.45, 7) is 1.77. The summed E-state index contributed by atoms with van der Waals surface area (Å²) in [7, 11) is 3.15. The summed E-state index contributed by atoms with van der Waals surface area (Å²) in [4.78, 5) is 12.4. The van der Waals surface area contributed by atoms with Gasteiger partial charge in [-0.15, -0.1) is 0 Å². The number of anilines is 1. The molecule has 1 saturated heterocycles. The lowest BCUT2D eigenvalue weighted by Gasteiger charge is -2.43. The zero-order chi connectivity index (χ0) is 14.2. The Bertz CT molecular complexity index is 539. The van der Waals surface area contributed by atoms with E-state index in [9.17, 15) is 4.79 Å². The predicted octanol–water partition coefficient (Wildman–Crippen LogP) is 0.939. The number of carbonyl (C=O) groups is 1. The minimum atomic E-state index is -0.352. The summed E-state index contributed by atoms with van der Waals surface area (Å²) in [6, 6.07) is 3.54. The highest BCUT2D eigenvalue weighted by Gasteiger charge is 2.38.